The van der Waals surface area contributed by atoms with Crippen molar-refractivity contribution < 1.29 is 44.9 Å². The van der Waals surface area contributed by atoms with Crippen LogP contribution in [-0.2, 0) is 14.3 Å². The van der Waals surface area contributed by atoms with Gasteiger partial charge in [-0.25, -0.2) is 0 Å². The highest BCUT2D eigenvalue weighted by Gasteiger charge is 2.52. The number of hydrogen-bond donors (Lipinski definition) is 6. The van der Waals surface area contributed by atoms with Gasteiger partial charge in [0.05, 0.1) is 19.3 Å². The van der Waals surface area contributed by atoms with E-state index in [1.807, 2.05) is 0 Å². The molecule has 8 atom stereocenters. The molecule has 1 saturated heterocycles. The molecule has 1 aliphatic carbocycles. The first-order chi connectivity index (χ1) is 12.9. The second-order valence-electron chi connectivity index (χ2n) is 7.91. The van der Waals surface area contributed by atoms with Gasteiger partial charge in [0.25, 0.3) is 0 Å². The number of aliphatic hydroxyl groups is 6. The van der Waals surface area contributed by atoms with Crippen LogP contribution < -0.4 is 0 Å². The number of hydrogen-bond acceptors (Lipinski definition) is 9. The van der Waals surface area contributed by atoms with Crippen LogP contribution in [0, 0.1) is 5.41 Å². The number of rotatable bonds is 6. The fourth-order valence-electron chi connectivity index (χ4n) is 3.64. The molecule has 9 heteroatoms. The van der Waals surface area contributed by atoms with Crippen LogP contribution in [0.3, 0.4) is 0 Å². The van der Waals surface area contributed by atoms with E-state index in [-0.39, 0.29) is 18.8 Å². The van der Waals surface area contributed by atoms with E-state index < -0.39 is 54.4 Å². The molecule has 1 heterocycles. The lowest BCUT2D eigenvalue weighted by Crippen LogP contribution is -2.60. The molecule has 0 amide bonds. The third kappa shape index (κ3) is 4.37. The summed E-state index contributed by atoms with van der Waals surface area (Å²) < 4.78 is 10.9. The van der Waals surface area contributed by atoms with Gasteiger partial charge in [0, 0.05) is 11.8 Å². The lowest BCUT2D eigenvalue weighted by Gasteiger charge is -2.47. The molecular weight excluding hydrogens is 372 g/mol. The van der Waals surface area contributed by atoms with Gasteiger partial charge in [0.2, 0.25) is 0 Å². The van der Waals surface area contributed by atoms with Crippen LogP contribution in [0.1, 0.15) is 27.2 Å². The normalized spacial score (nSPS) is 43.2. The SMILES string of the molecule is CC1=CC(=O)C[C@](C)(CO[C@@H]2O[C@H](CO)[C@@H](O)[C@H](O)[C@H]2O)[C@@]1(O)/C=C/C(C)O. The highest BCUT2D eigenvalue weighted by Crippen LogP contribution is 2.45. The lowest BCUT2D eigenvalue weighted by molar-refractivity contribution is -0.308. The molecule has 2 aliphatic rings. The maximum Gasteiger partial charge on any atom is 0.186 e. The monoisotopic (exact) mass is 402 g/mol. The Morgan fingerprint density at radius 3 is 2.54 bits per heavy atom. The van der Waals surface area contributed by atoms with Gasteiger partial charge in [-0.1, -0.05) is 13.0 Å². The maximum atomic E-state index is 12.1. The summed E-state index contributed by atoms with van der Waals surface area (Å²) in [5, 5.41) is 59.9. The first kappa shape index (κ1) is 23.1. The molecule has 0 aromatic carbocycles. The van der Waals surface area contributed by atoms with Gasteiger partial charge in [0.15, 0.2) is 12.1 Å². The van der Waals surface area contributed by atoms with Crippen molar-refractivity contribution in [2.24, 2.45) is 5.41 Å². The van der Waals surface area contributed by atoms with E-state index in [4.69, 9.17) is 9.47 Å². The lowest BCUT2D eigenvalue weighted by atomic mass is 9.63. The quantitative estimate of drug-likeness (QED) is 0.288. The number of ether oxygens (including phenoxy) is 2. The molecule has 1 aliphatic heterocycles. The molecular formula is C19H30O9. The van der Waals surface area contributed by atoms with Crippen molar-refractivity contribution in [1.29, 1.82) is 0 Å². The molecule has 0 radical (unpaired) electrons. The second kappa shape index (κ2) is 8.68. The Balaban J connectivity index is 2.24. The number of ketones is 1. The summed E-state index contributed by atoms with van der Waals surface area (Å²) in [6, 6.07) is 0. The Hall–Kier alpha value is -1.17. The number of allylic oxidation sites excluding steroid dienone is 1. The van der Waals surface area contributed by atoms with E-state index in [2.05, 4.69) is 0 Å². The molecule has 0 spiro atoms. The summed E-state index contributed by atoms with van der Waals surface area (Å²) in [4.78, 5) is 12.1. The van der Waals surface area contributed by atoms with E-state index in [1.54, 1.807) is 13.8 Å². The van der Waals surface area contributed by atoms with Crippen LogP contribution in [-0.4, -0.2) is 92.0 Å². The van der Waals surface area contributed by atoms with Gasteiger partial charge >= 0.3 is 0 Å². The van der Waals surface area contributed by atoms with Crippen LogP contribution in [0.4, 0.5) is 0 Å². The predicted octanol–water partition coefficient (Wildman–Crippen LogP) is -1.60. The molecule has 0 aromatic heterocycles. The molecule has 0 saturated carbocycles. The Labute approximate surface area is 163 Å². The number of carbonyl (C=O) groups excluding carboxylic acids is 1. The Kier molecular flexibility index (Phi) is 7.17. The third-order valence-electron chi connectivity index (χ3n) is 5.49. The second-order valence-corrected chi connectivity index (χ2v) is 7.91. The van der Waals surface area contributed by atoms with Gasteiger partial charge in [-0.3, -0.25) is 4.79 Å². The Morgan fingerprint density at radius 1 is 1.32 bits per heavy atom. The molecule has 9 nitrogen and oxygen atoms in total. The Morgan fingerprint density at radius 2 is 1.96 bits per heavy atom. The van der Waals surface area contributed by atoms with Crippen LogP contribution in [0.5, 0.6) is 0 Å². The van der Waals surface area contributed by atoms with Crippen molar-refractivity contribution in [3.8, 4) is 0 Å². The summed E-state index contributed by atoms with van der Waals surface area (Å²) in [5.41, 5.74) is -2.39. The van der Waals surface area contributed by atoms with Crippen molar-refractivity contribution in [3.63, 3.8) is 0 Å². The van der Waals surface area contributed by atoms with Crippen molar-refractivity contribution in [2.45, 2.75) is 69.6 Å². The van der Waals surface area contributed by atoms with Crippen molar-refractivity contribution >= 4 is 5.78 Å². The highest BCUT2D eigenvalue weighted by atomic mass is 16.7. The summed E-state index contributed by atoms with van der Waals surface area (Å²) >= 11 is 0. The standard InChI is InChI=1S/C19H30O9/c1-10-6-12(22)7-18(3,19(10,26)5-4-11(2)21)9-27-17-16(25)15(24)14(23)13(8-20)28-17/h4-6,11,13-17,20-21,23-26H,7-9H2,1-3H3/b5-4+/t11?,13-,14-,15+,16-,17-,18-,19-/m1/s1. The summed E-state index contributed by atoms with van der Waals surface area (Å²) in [5.74, 6) is -0.215. The number of aliphatic hydroxyl groups excluding tert-OH is 5. The molecule has 0 aromatic rings. The van der Waals surface area contributed by atoms with Crippen LogP contribution >= 0.6 is 0 Å². The van der Waals surface area contributed by atoms with E-state index in [1.165, 1.54) is 25.2 Å². The molecule has 1 fully saturated rings. The minimum absolute atomic E-state index is 0.0671. The highest BCUT2D eigenvalue weighted by molar-refractivity contribution is 5.92. The maximum absolute atomic E-state index is 12.1. The van der Waals surface area contributed by atoms with E-state index in [0.29, 0.717) is 5.57 Å². The minimum Gasteiger partial charge on any atom is -0.394 e. The Bertz CT molecular complexity index is 629. The van der Waals surface area contributed by atoms with E-state index in [0.717, 1.165) is 0 Å². The van der Waals surface area contributed by atoms with Gasteiger partial charge in [-0.15, -0.1) is 0 Å². The summed E-state index contributed by atoms with van der Waals surface area (Å²) in [6.45, 7) is 3.90. The van der Waals surface area contributed by atoms with Crippen molar-refractivity contribution in [2.75, 3.05) is 13.2 Å². The molecule has 6 N–H and O–H groups in total. The van der Waals surface area contributed by atoms with Gasteiger partial charge < -0.3 is 40.1 Å². The van der Waals surface area contributed by atoms with E-state index >= 15 is 0 Å². The topological polar surface area (TPSA) is 157 Å². The summed E-state index contributed by atoms with van der Waals surface area (Å²) in [6.07, 6.45) is -3.92. The average Bonchev–Trinajstić information content (AvgIpc) is 2.62. The fourth-order valence-corrected chi connectivity index (χ4v) is 3.64. The van der Waals surface area contributed by atoms with Crippen molar-refractivity contribution in [1.82, 2.24) is 0 Å². The first-order valence-corrected chi connectivity index (χ1v) is 9.18. The zero-order chi connectivity index (χ0) is 21.3. The predicted molar refractivity (Wildman–Crippen MR) is 97.0 cm³/mol. The third-order valence-corrected chi connectivity index (χ3v) is 5.49. The smallest absolute Gasteiger partial charge is 0.186 e. The summed E-state index contributed by atoms with van der Waals surface area (Å²) in [7, 11) is 0. The molecule has 2 rings (SSSR count). The molecule has 160 valence electrons. The zero-order valence-corrected chi connectivity index (χ0v) is 16.2. The number of carbonyl (C=O) groups is 1. The van der Waals surface area contributed by atoms with Gasteiger partial charge in [0.1, 0.15) is 30.0 Å². The fraction of sp³-hybridized carbons (Fsp3) is 0.737. The first-order valence-electron chi connectivity index (χ1n) is 9.18. The largest absolute Gasteiger partial charge is 0.394 e. The van der Waals surface area contributed by atoms with Gasteiger partial charge in [-0.2, -0.15) is 0 Å². The van der Waals surface area contributed by atoms with Gasteiger partial charge in [-0.05, 0) is 31.6 Å². The average molecular weight is 402 g/mol. The minimum atomic E-state index is -1.61. The van der Waals surface area contributed by atoms with Crippen LogP contribution in [0.25, 0.3) is 0 Å². The molecule has 1 unspecified atom stereocenters. The van der Waals surface area contributed by atoms with Crippen LogP contribution in [0.15, 0.2) is 23.8 Å². The molecule has 0 bridgehead atoms. The van der Waals surface area contributed by atoms with Crippen LogP contribution in [0.2, 0.25) is 0 Å². The van der Waals surface area contributed by atoms with E-state index in [9.17, 15) is 35.4 Å². The molecule has 28 heavy (non-hydrogen) atoms. The van der Waals surface area contributed by atoms with Crippen molar-refractivity contribution in [3.05, 3.63) is 23.8 Å². The zero-order valence-electron chi connectivity index (χ0n) is 16.2.